The first kappa shape index (κ1) is 10.4. The van der Waals surface area contributed by atoms with E-state index in [1.165, 1.54) is 32.1 Å². The van der Waals surface area contributed by atoms with Crippen molar-refractivity contribution < 1.29 is 4.74 Å². The Bertz CT molecular complexity index is 569. The first-order valence-electron chi connectivity index (χ1n) is 6.77. The summed E-state index contributed by atoms with van der Waals surface area (Å²) in [5, 5.41) is 8.24. The van der Waals surface area contributed by atoms with E-state index in [1.807, 2.05) is 28.8 Å². The second-order valence-electron chi connectivity index (χ2n) is 5.85. The minimum absolute atomic E-state index is 0.436. The van der Waals surface area contributed by atoms with Gasteiger partial charge in [0.15, 0.2) is 5.65 Å². The highest BCUT2D eigenvalue weighted by Gasteiger charge is 2.45. The lowest BCUT2D eigenvalue weighted by Crippen LogP contribution is -2.24. The molecule has 2 aromatic rings. The third kappa shape index (κ3) is 1.51. The van der Waals surface area contributed by atoms with Crippen molar-refractivity contribution in [2.45, 2.75) is 32.1 Å². The normalized spacial score (nSPS) is 30.1. The Hall–Kier alpha value is -1.58. The van der Waals surface area contributed by atoms with E-state index in [1.54, 1.807) is 0 Å². The molecule has 0 aromatic carbocycles. The maximum atomic E-state index is 5.95. The smallest absolute Gasteiger partial charge is 0.321 e. The summed E-state index contributed by atoms with van der Waals surface area (Å²) >= 11 is 0. The largest absolute Gasteiger partial charge is 0.463 e. The summed E-state index contributed by atoms with van der Waals surface area (Å²) in [6.07, 6.45) is 8.74. The first-order chi connectivity index (χ1) is 8.85. The maximum absolute atomic E-state index is 5.95. The van der Waals surface area contributed by atoms with E-state index in [2.05, 4.69) is 10.2 Å². The monoisotopic (exact) mass is 243 g/mol. The number of pyridine rings is 1. The number of fused-ring (bicyclic) bond motifs is 3. The SMILES string of the molecule is c1ccn2c(OCC34CCC(CC3)C4)nnc2c1. The van der Waals surface area contributed by atoms with Gasteiger partial charge in [-0.25, -0.2) is 0 Å². The maximum Gasteiger partial charge on any atom is 0.321 e. The number of hydrogen-bond acceptors (Lipinski definition) is 3. The van der Waals surface area contributed by atoms with Crippen molar-refractivity contribution in [1.82, 2.24) is 14.6 Å². The summed E-state index contributed by atoms with van der Waals surface area (Å²) in [6.45, 7) is 0.805. The topological polar surface area (TPSA) is 39.4 Å². The van der Waals surface area contributed by atoms with E-state index < -0.39 is 0 Å². The Balaban J connectivity index is 1.55. The van der Waals surface area contributed by atoms with Crippen LogP contribution in [0.3, 0.4) is 0 Å². The number of hydrogen-bond donors (Lipinski definition) is 0. The molecule has 2 aliphatic rings. The van der Waals surface area contributed by atoms with Gasteiger partial charge in [0.05, 0.1) is 6.61 Å². The summed E-state index contributed by atoms with van der Waals surface area (Å²) in [6, 6.07) is 6.52. The van der Waals surface area contributed by atoms with Crippen molar-refractivity contribution in [2.75, 3.05) is 6.61 Å². The lowest BCUT2D eigenvalue weighted by molar-refractivity contribution is 0.141. The molecule has 4 rings (SSSR count). The van der Waals surface area contributed by atoms with E-state index in [0.717, 1.165) is 18.2 Å². The van der Waals surface area contributed by atoms with Gasteiger partial charge in [-0.2, -0.15) is 0 Å². The van der Waals surface area contributed by atoms with Gasteiger partial charge in [0.25, 0.3) is 0 Å². The molecule has 0 unspecified atom stereocenters. The van der Waals surface area contributed by atoms with Gasteiger partial charge in [-0.3, -0.25) is 4.40 Å². The molecule has 2 fully saturated rings. The van der Waals surface area contributed by atoms with Crippen molar-refractivity contribution in [3.8, 4) is 6.01 Å². The Labute approximate surface area is 106 Å². The molecule has 18 heavy (non-hydrogen) atoms. The van der Waals surface area contributed by atoms with E-state index in [9.17, 15) is 0 Å². The van der Waals surface area contributed by atoms with Crippen LogP contribution in [0.5, 0.6) is 6.01 Å². The van der Waals surface area contributed by atoms with Gasteiger partial charge in [-0.15, -0.1) is 5.10 Å². The average molecular weight is 243 g/mol. The van der Waals surface area contributed by atoms with Gasteiger partial charge in [0, 0.05) is 11.6 Å². The minimum Gasteiger partial charge on any atom is -0.463 e. The summed E-state index contributed by atoms with van der Waals surface area (Å²) < 4.78 is 7.87. The Kier molecular flexibility index (Phi) is 2.13. The molecule has 94 valence electrons. The predicted molar refractivity (Wildman–Crippen MR) is 67.5 cm³/mol. The number of ether oxygens (including phenoxy) is 1. The van der Waals surface area contributed by atoms with Gasteiger partial charge < -0.3 is 4.74 Å². The molecule has 2 saturated carbocycles. The zero-order valence-electron chi connectivity index (χ0n) is 10.4. The molecule has 0 N–H and O–H groups in total. The van der Waals surface area contributed by atoms with Crippen LogP contribution in [0.2, 0.25) is 0 Å². The molecule has 2 bridgehead atoms. The second kappa shape index (κ2) is 3.70. The molecule has 2 aliphatic carbocycles. The quantitative estimate of drug-likeness (QED) is 0.832. The van der Waals surface area contributed by atoms with Gasteiger partial charge in [0.2, 0.25) is 0 Å². The van der Waals surface area contributed by atoms with Crippen molar-refractivity contribution in [1.29, 1.82) is 0 Å². The lowest BCUT2D eigenvalue weighted by atomic mass is 9.85. The van der Waals surface area contributed by atoms with Crippen molar-refractivity contribution in [2.24, 2.45) is 11.3 Å². The number of aromatic nitrogens is 3. The standard InChI is InChI=1S/C14H17N3O/c1-2-8-17-12(3-1)15-16-13(17)18-10-14-6-4-11(9-14)5-7-14/h1-3,8,11H,4-7,9-10H2. The molecular formula is C14H17N3O. The van der Waals surface area contributed by atoms with Crippen LogP contribution in [0.15, 0.2) is 24.4 Å². The molecule has 0 spiro atoms. The zero-order chi connectivity index (χ0) is 12.0. The summed E-state index contributed by atoms with van der Waals surface area (Å²) in [5.41, 5.74) is 1.28. The van der Waals surface area contributed by atoms with Crippen LogP contribution in [-0.2, 0) is 0 Å². The van der Waals surface area contributed by atoms with Gasteiger partial charge in [0.1, 0.15) is 0 Å². The first-order valence-corrected chi connectivity index (χ1v) is 6.77. The van der Waals surface area contributed by atoms with E-state index in [-0.39, 0.29) is 0 Å². The highest BCUT2D eigenvalue weighted by Crippen LogP contribution is 2.54. The predicted octanol–water partition coefficient (Wildman–Crippen LogP) is 2.69. The van der Waals surface area contributed by atoms with Crippen LogP contribution in [0, 0.1) is 11.3 Å². The lowest BCUT2D eigenvalue weighted by Gasteiger charge is -2.25. The fourth-order valence-electron chi connectivity index (χ4n) is 3.65. The van der Waals surface area contributed by atoms with Crippen LogP contribution >= 0.6 is 0 Å². The minimum atomic E-state index is 0.436. The molecular weight excluding hydrogens is 226 g/mol. The van der Waals surface area contributed by atoms with Crippen molar-refractivity contribution in [3.05, 3.63) is 24.4 Å². The Morgan fingerprint density at radius 2 is 2.17 bits per heavy atom. The van der Waals surface area contributed by atoms with Crippen LogP contribution in [0.4, 0.5) is 0 Å². The highest BCUT2D eigenvalue weighted by molar-refractivity contribution is 5.38. The Morgan fingerprint density at radius 1 is 1.28 bits per heavy atom. The molecule has 0 saturated heterocycles. The van der Waals surface area contributed by atoms with E-state index in [4.69, 9.17) is 4.74 Å². The van der Waals surface area contributed by atoms with Gasteiger partial charge >= 0.3 is 6.01 Å². The number of rotatable bonds is 3. The molecule has 0 atom stereocenters. The van der Waals surface area contributed by atoms with E-state index >= 15 is 0 Å². The third-order valence-corrected chi connectivity index (χ3v) is 4.68. The molecule has 0 aliphatic heterocycles. The summed E-state index contributed by atoms with van der Waals surface area (Å²) in [4.78, 5) is 0. The van der Waals surface area contributed by atoms with Gasteiger partial charge in [-0.05, 0) is 50.2 Å². The van der Waals surface area contributed by atoms with Crippen LogP contribution < -0.4 is 4.74 Å². The molecule has 0 amide bonds. The molecule has 2 heterocycles. The fourth-order valence-corrected chi connectivity index (χ4v) is 3.65. The van der Waals surface area contributed by atoms with Crippen molar-refractivity contribution in [3.63, 3.8) is 0 Å². The van der Waals surface area contributed by atoms with Crippen LogP contribution in [-0.4, -0.2) is 21.2 Å². The third-order valence-electron chi connectivity index (χ3n) is 4.68. The highest BCUT2D eigenvalue weighted by atomic mass is 16.5. The number of nitrogens with zero attached hydrogens (tertiary/aromatic N) is 3. The average Bonchev–Trinajstić information content (AvgIpc) is 3.11. The molecule has 2 aromatic heterocycles. The van der Waals surface area contributed by atoms with E-state index in [0.29, 0.717) is 11.4 Å². The zero-order valence-corrected chi connectivity index (χ0v) is 10.4. The summed E-state index contributed by atoms with van der Waals surface area (Å²) in [7, 11) is 0. The van der Waals surface area contributed by atoms with Gasteiger partial charge in [-0.1, -0.05) is 11.2 Å². The summed E-state index contributed by atoms with van der Waals surface area (Å²) in [5.74, 6) is 0.962. The molecule has 4 nitrogen and oxygen atoms in total. The second-order valence-corrected chi connectivity index (χ2v) is 5.85. The molecule has 0 radical (unpaired) electrons. The van der Waals surface area contributed by atoms with Crippen molar-refractivity contribution >= 4 is 5.65 Å². The Morgan fingerprint density at radius 3 is 2.94 bits per heavy atom. The fraction of sp³-hybridized carbons (Fsp3) is 0.571. The van der Waals surface area contributed by atoms with Crippen LogP contribution in [0.1, 0.15) is 32.1 Å². The molecule has 4 heteroatoms. The van der Waals surface area contributed by atoms with Crippen LogP contribution in [0.25, 0.3) is 5.65 Å².